The van der Waals surface area contributed by atoms with Crippen LogP contribution in [0.1, 0.15) is 5.82 Å². The van der Waals surface area contributed by atoms with Crippen LogP contribution in [0.5, 0.6) is 0 Å². The van der Waals surface area contributed by atoms with E-state index in [4.69, 9.17) is 10.3 Å². The predicted octanol–water partition coefficient (Wildman–Crippen LogP) is 2.58. The standard InChI is InChI=1S/C12H11F4N3O2/c13-9-2-1-7(17)5-8(9)11-18-10(19-21-11)3-4-20-6-12(14,15)16/h1-2,5H,3-4,6,17H2. The lowest BCUT2D eigenvalue weighted by molar-refractivity contribution is -0.173. The molecule has 0 unspecified atom stereocenters. The summed E-state index contributed by atoms with van der Waals surface area (Å²) in [5.74, 6) is -0.563. The minimum absolute atomic E-state index is 0.0174. The third-order valence-corrected chi connectivity index (χ3v) is 2.42. The molecule has 0 amide bonds. The van der Waals surface area contributed by atoms with Crippen molar-refractivity contribution in [2.75, 3.05) is 18.9 Å². The van der Waals surface area contributed by atoms with Gasteiger partial charge < -0.3 is 15.0 Å². The number of aromatic nitrogens is 2. The van der Waals surface area contributed by atoms with E-state index >= 15 is 0 Å². The van der Waals surface area contributed by atoms with Crippen molar-refractivity contribution in [2.24, 2.45) is 0 Å². The van der Waals surface area contributed by atoms with Gasteiger partial charge >= 0.3 is 6.18 Å². The molecule has 0 spiro atoms. The Labute approximate surface area is 116 Å². The molecule has 0 aliphatic heterocycles. The van der Waals surface area contributed by atoms with Gasteiger partial charge in [0, 0.05) is 12.1 Å². The van der Waals surface area contributed by atoms with E-state index in [2.05, 4.69) is 14.9 Å². The van der Waals surface area contributed by atoms with Crippen LogP contribution in [0, 0.1) is 5.82 Å². The third-order valence-electron chi connectivity index (χ3n) is 2.42. The second-order valence-electron chi connectivity index (χ2n) is 4.17. The number of benzene rings is 1. The Morgan fingerprint density at radius 2 is 2.05 bits per heavy atom. The quantitative estimate of drug-likeness (QED) is 0.522. The topological polar surface area (TPSA) is 74.2 Å². The molecule has 2 rings (SSSR count). The van der Waals surface area contributed by atoms with Crippen LogP contribution < -0.4 is 5.73 Å². The van der Waals surface area contributed by atoms with Crippen LogP contribution in [0.25, 0.3) is 11.5 Å². The average molecular weight is 305 g/mol. The van der Waals surface area contributed by atoms with Gasteiger partial charge in [0.05, 0.1) is 12.2 Å². The lowest BCUT2D eigenvalue weighted by atomic mass is 10.2. The summed E-state index contributed by atoms with van der Waals surface area (Å²) in [4.78, 5) is 3.88. The normalized spacial score (nSPS) is 11.8. The number of hydrogen-bond donors (Lipinski definition) is 1. The van der Waals surface area contributed by atoms with E-state index in [1.807, 2.05) is 0 Å². The number of alkyl halides is 3. The van der Waals surface area contributed by atoms with Crippen molar-refractivity contribution in [3.63, 3.8) is 0 Å². The third kappa shape index (κ3) is 4.42. The van der Waals surface area contributed by atoms with Crippen LogP contribution in [-0.2, 0) is 11.2 Å². The number of nitrogen functional groups attached to an aromatic ring is 1. The minimum Gasteiger partial charge on any atom is -0.399 e. The van der Waals surface area contributed by atoms with Gasteiger partial charge in [0.25, 0.3) is 5.89 Å². The van der Waals surface area contributed by atoms with Gasteiger partial charge in [0.2, 0.25) is 0 Å². The van der Waals surface area contributed by atoms with E-state index in [9.17, 15) is 17.6 Å². The van der Waals surface area contributed by atoms with Crippen molar-refractivity contribution in [3.05, 3.63) is 29.8 Å². The van der Waals surface area contributed by atoms with Crippen molar-refractivity contribution in [3.8, 4) is 11.5 Å². The van der Waals surface area contributed by atoms with Crippen LogP contribution in [0.15, 0.2) is 22.7 Å². The fraction of sp³-hybridized carbons (Fsp3) is 0.333. The molecule has 0 bridgehead atoms. The SMILES string of the molecule is Nc1ccc(F)c(-c2nc(CCOCC(F)(F)F)no2)c1. The number of halogens is 4. The van der Waals surface area contributed by atoms with E-state index in [0.29, 0.717) is 5.69 Å². The molecule has 1 aromatic carbocycles. The molecule has 0 saturated heterocycles. The van der Waals surface area contributed by atoms with Gasteiger partial charge in [-0.25, -0.2) is 4.39 Å². The smallest absolute Gasteiger partial charge is 0.399 e. The lowest BCUT2D eigenvalue weighted by Crippen LogP contribution is -2.18. The van der Waals surface area contributed by atoms with Crippen LogP contribution >= 0.6 is 0 Å². The zero-order valence-electron chi connectivity index (χ0n) is 10.7. The maximum absolute atomic E-state index is 13.6. The van der Waals surface area contributed by atoms with Crippen molar-refractivity contribution < 1.29 is 26.8 Å². The Morgan fingerprint density at radius 1 is 1.29 bits per heavy atom. The average Bonchev–Trinajstić information content (AvgIpc) is 2.85. The van der Waals surface area contributed by atoms with Gasteiger partial charge in [-0.15, -0.1) is 0 Å². The summed E-state index contributed by atoms with van der Waals surface area (Å²) < 4.78 is 58.4. The molecule has 5 nitrogen and oxygen atoms in total. The fourth-order valence-electron chi connectivity index (χ4n) is 1.52. The van der Waals surface area contributed by atoms with E-state index in [-0.39, 0.29) is 30.3 Å². The van der Waals surface area contributed by atoms with Crippen molar-refractivity contribution in [1.82, 2.24) is 10.1 Å². The summed E-state index contributed by atoms with van der Waals surface area (Å²) in [6, 6.07) is 3.86. The molecule has 0 fully saturated rings. The van der Waals surface area contributed by atoms with E-state index in [1.165, 1.54) is 12.1 Å². The lowest BCUT2D eigenvalue weighted by Gasteiger charge is -2.05. The first kappa shape index (κ1) is 15.2. The Balaban J connectivity index is 1.97. The first-order chi connectivity index (χ1) is 9.85. The molecule has 9 heteroatoms. The molecule has 0 atom stereocenters. The first-order valence-corrected chi connectivity index (χ1v) is 5.87. The number of rotatable bonds is 5. The summed E-state index contributed by atoms with van der Waals surface area (Å²) in [5.41, 5.74) is 5.88. The Morgan fingerprint density at radius 3 is 2.76 bits per heavy atom. The van der Waals surface area contributed by atoms with Crippen molar-refractivity contribution in [1.29, 1.82) is 0 Å². The molecular formula is C12H11F4N3O2. The monoisotopic (exact) mass is 305 g/mol. The highest BCUT2D eigenvalue weighted by atomic mass is 19.4. The maximum Gasteiger partial charge on any atom is 0.411 e. The summed E-state index contributed by atoms with van der Waals surface area (Å²) in [6.07, 6.45) is -4.36. The molecule has 1 heterocycles. The number of ether oxygens (including phenoxy) is 1. The second-order valence-corrected chi connectivity index (χ2v) is 4.17. The Hall–Kier alpha value is -2.16. The molecule has 0 radical (unpaired) electrons. The van der Waals surface area contributed by atoms with Crippen molar-refractivity contribution >= 4 is 5.69 Å². The van der Waals surface area contributed by atoms with Crippen LogP contribution in [-0.4, -0.2) is 29.5 Å². The van der Waals surface area contributed by atoms with Gasteiger partial charge in [-0.05, 0) is 18.2 Å². The predicted molar refractivity (Wildman–Crippen MR) is 64.7 cm³/mol. The molecule has 2 N–H and O–H groups in total. The van der Waals surface area contributed by atoms with Crippen LogP contribution in [0.3, 0.4) is 0 Å². The highest BCUT2D eigenvalue weighted by molar-refractivity contribution is 5.60. The molecular weight excluding hydrogens is 294 g/mol. The molecule has 21 heavy (non-hydrogen) atoms. The zero-order chi connectivity index (χ0) is 15.5. The van der Waals surface area contributed by atoms with Crippen LogP contribution in [0.4, 0.5) is 23.2 Å². The first-order valence-electron chi connectivity index (χ1n) is 5.87. The van der Waals surface area contributed by atoms with Gasteiger partial charge in [0.1, 0.15) is 12.4 Å². The highest BCUT2D eigenvalue weighted by Gasteiger charge is 2.27. The molecule has 0 aliphatic rings. The molecule has 2 aromatic rings. The number of hydrogen-bond acceptors (Lipinski definition) is 5. The second kappa shape index (κ2) is 6.08. The fourth-order valence-corrected chi connectivity index (χ4v) is 1.52. The number of nitrogens with zero attached hydrogens (tertiary/aromatic N) is 2. The largest absolute Gasteiger partial charge is 0.411 e. The Kier molecular flexibility index (Phi) is 4.41. The van der Waals surface area contributed by atoms with E-state index in [0.717, 1.165) is 6.07 Å². The minimum atomic E-state index is -4.38. The molecule has 0 aliphatic carbocycles. The van der Waals surface area contributed by atoms with Gasteiger partial charge in [-0.1, -0.05) is 5.16 Å². The van der Waals surface area contributed by atoms with E-state index < -0.39 is 18.6 Å². The van der Waals surface area contributed by atoms with E-state index in [1.54, 1.807) is 0 Å². The highest BCUT2D eigenvalue weighted by Crippen LogP contribution is 2.23. The van der Waals surface area contributed by atoms with Gasteiger partial charge in [0.15, 0.2) is 5.82 Å². The van der Waals surface area contributed by atoms with Crippen molar-refractivity contribution in [2.45, 2.75) is 12.6 Å². The molecule has 1 aromatic heterocycles. The summed E-state index contributed by atoms with van der Waals surface area (Å²) >= 11 is 0. The van der Waals surface area contributed by atoms with Gasteiger partial charge in [-0.3, -0.25) is 0 Å². The summed E-state index contributed by atoms with van der Waals surface area (Å²) in [5, 5.41) is 3.54. The van der Waals surface area contributed by atoms with Gasteiger partial charge in [-0.2, -0.15) is 18.2 Å². The maximum atomic E-state index is 13.6. The summed E-state index contributed by atoms with van der Waals surface area (Å²) in [6.45, 7) is -1.57. The van der Waals surface area contributed by atoms with Crippen LogP contribution in [0.2, 0.25) is 0 Å². The number of anilines is 1. The zero-order valence-corrected chi connectivity index (χ0v) is 10.7. The summed E-state index contributed by atoms with van der Waals surface area (Å²) in [7, 11) is 0. The molecule has 0 saturated carbocycles. The number of nitrogens with two attached hydrogens (primary N) is 1. The Bertz CT molecular complexity index is 613. The molecule has 114 valence electrons.